The molecule has 3 nitrogen and oxygen atoms in total. The van der Waals surface area contributed by atoms with Crippen LogP contribution in [0.1, 0.15) is 39.5 Å². The Morgan fingerprint density at radius 1 is 1.11 bits per heavy atom. The van der Waals surface area contributed by atoms with Gasteiger partial charge in [-0.15, -0.1) is 24.0 Å². The zero-order valence-corrected chi connectivity index (χ0v) is 14.4. The molecule has 4 heteroatoms. The number of morpholine rings is 1. The third-order valence-electron chi connectivity index (χ3n) is 3.65. The van der Waals surface area contributed by atoms with E-state index in [9.17, 15) is 0 Å². The van der Waals surface area contributed by atoms with Crippen LogP contribution in [0.2, 0.25) is 0 Å². The molecule has 18 heavy (non-hydrogen) atoms. The molecule has 0 aromatic heterocycles. The van der Waals surface area contributed by atoms with Crippen LogP contribution in [-0.2, 0) is 4.74 Å². The molecule has 0 unspecified atom stereocenters. The molecule has 2 aliphatic rings. The van der Waals surface area contributed by atoms with Gasteiger partial charge in [-0.2, -0.15) is 0 Å². The Hall–Kier alpha value is 0.610. The van der Waals surface area contributed by atoms with Crippen molar-refractivity contribution in [3.8, 4) is 0 Å². The van der Waals surface area contributed by atoms with E-state index in [-0.39, 0.29) is 24.0 Å². The molecule has 0 atom stereocenters. The number of hydrogen-bond donors (Lipinski definition) is 1. The van der Waals surface area contributed by atoms with Gasteiger partial charge < -0.3 is 10.1 Å². The van der Waals surface area contributed by atoms with Gasteiger partial charge in [0.25, 0.3) is 0 Å². The van der Waals surface area contributed by atoms with Gasteiger partial charge in [0.1, 0.15) is 0 Å². The van der Waals surface area contributed by atoms with Crippen molar-refractivity contribution >= 4 is 24.0 Å². The quantitative estimate of drug-likeness (QED) is 0.771. The van der Waals surface area contributed by atoms with Crippen molar-refractivity contribution in [1.82, 2.24) is 10.2 Å². The second kappa shape index (κ2) is 12.6. The van der Waals surface area contributed by atoms with E-state index < -0.39 is 0 Å². The van der Waals surface area contributed by atoms with E-state index in [0.717, 1.165) is 32.2 Å². The van der Waals surface area contributed by atoms with Crippen molar-refractivity contribution in [2.24, 2.45) is 5.92 Å². The zero-order chi connectivity index (χ0) is 12.3. The minimum atomic E-state index is 0. The summed E-state index contributed by atoms with van der Waals surface area (Å²) in [5.74, 6) is 0.993. The molecule has 1 N–H and O–H groups in total. The Kier molecular flexibility index (Phi) is 13.1. The van der Waals surface area contributed by atoms with Crippen LogP contribution in [0.5, 0.6) is 0 Å². The summed E-state index contributed by atoms with van der Waals surface area (Å²) in [6, 6.07) is 0. The number of piperidine rings is 1. The lowest BCUT2D eigenvalue weighted by molar-refractivity contribution is 0.0365. The minimum Gasteiger partial charge on any atom is -0.379 e. The molecule has 2 rings (SSSR count). The fourth-order valence-electron chi connectivity index (χ4n) is 2.60. The van der Waals surface area contributed by atoms with Gasteiger partial charge in [-0.3, -0.25) is 4.90 Å². The summed E-state index contributed by atoms with van der Waals surface area (Å²) < 4.78 is 5.35. The summed E-state index contributed by atoms with van der Waals surface area (Å²) in [4.78, 5) is 2.55. The number of ether oxygens (including phenoxy) is 1. The van der Waals surface area contributed by atoms with Gasteiger partial charge in [0.15, 0.2) is 0 Å². The first-order valence-corrected chi connectivity index (χ1v) is 7.46. The van der Waals surface area contributed by atoms with Gasteiger partial charge in [-0.05, 0) is 51.2 Å². The number of rotatable bonds is 4. The summed E-state index contributed by atoms with van der Waals surface area (Å²) in [6.07, 6.45) is 5.59. The molecular weight excluding hydrogens is 339 g/mol. The van der Waals surface area contributed by atoms with E-state index in [4.69, 9.17) is 4.74 Å². The van der Waals surface area contributed by atoms with E-state index in [1.165, 1.54) is 45.3 Å². The summed E-state index contributed by atoms with van der Waals surface area (Å²) in [5.41, 5.74) is 0. The molecule has 0 saturated carbocycles. The Bertz CT molecular complexity index is 151. The zero-order valence-electron chi connectivity index (χ0n) is 12.1. The summed E-state index contributed by atoms with van der Waals surface area (Å²) in [7, 11) is 0. The van der Waals surface area contributed by atoms with Gasteiger partial charge >= 0.3 is 0 Å². The number of hydrogen-bond acceptors (Lipinski definition) is 3. The molecule has 2 aliphatic heterocycles. The average molecular weight is 370 g/mol. The topological polar surface area (TPSA) is 24.5 Å². The maximum Gasteiger partial charge on any atom is 0.0594 e. The maximum absolute atomic E-state index is 5.35. The van der Waals surface area contributed by atoms with E-state index in [0.29, 0.717) is 0 Å². The van der Waals surface area contributed by atoms with Gasteiger partial charge in [0.2, 0.25) is 0 Å². The fourth-order valence-corrected chi connectivity index (χ4v) is 2.60. The molecule has 2 fully saturated rings. The monoisotopic (exact) mass is 370 g/mol. The van der Waals surface area contributed by atoms with Crippen LogP contribution in [0, 0.1) is 5.92 Å². The van der Waals surface area contributed by atoms with Crippen molar-refractivity contribution in [2.75, 3.05) is 45.9 Å². The molecule has 0 spiro atoms. The van der Waals surface area contributed by atoms with Crippen LogP contribution < -0.4 is 5.32 Å². The van der Waals surface area contributed by atoms with E-state index in [1.54, 1.807) is 0 Å². The fraction of sp³-hybridized carbons (Fsp3) is 1.00. The summed E-state index contributed by atoms with van der Waals surface area (Å²) in [5, 5.41) is 3.43. The first kappa shape index (κ1) is 18.6. The number of nitrogens with one attached hydrogen (secondary N) is 1. The molecule has 2 saturated heterocycles. The second-order valence-electron chi connectivity index (χ2n) is 4.79. The molecule has 0 amide bonds. The predicted molar refractivity (Wildman–Crippen MR) is 88.8 cm³/mol. The van der Waals surface area contributed by atoms with Crippen LogP contribution in [-0.4, -0.2) is 50.8 Å². The van der Waals surface area contributed by atoms with Crippen LogP contribution in [0.15, 0.2) is 0 Å². The van der Waals surface area contributed by atoms with Gasteiger partial charge in [-0.1, -0.05) is 13.8 Å². The molecule has 0 radical (unpaired) electrons. The van der Waals surface area contributed by atoms with Crippen LogP contribution in [0.25, 0.3) is 0 Å². The lowest BCUT2D eigenvalue weighted by Crippen LogP contribution is -2.37. The minimum absolute atomic E-state index is 0. The molecule has 110 valence electrons. The molecule has 0 aromatic rings. The Balaban J connectivity index is 0.000000917. The summed E-state index contributed by atoms with van der Waals surface area (Å²) >= 11 is 0. The average Bonchev–Trinajstić information content (AvgIpc) is 2.43. The number of nitrogens with zero attached hydrogens (tertiary/aromatic N) is 1. The predicted octanol–water partition coefficient (Wildman–Crippen LogP) is 2.74. The third kappa shape index (κ3) is 7.92. The Labute approximate surface area is 130 Å². The maximum atomic E-state index is 5.35. The highest BCUT2D eigenvalue weighted by atomic mass is 127. The first-order valence-electron chi connectivity index (χ1n) is 7.46. The van der Waals surface area contributed by atoms with E-state index in [1.807, 2.05) is 13.8 Å². The third-order valence-corrected chi connectivity index (χ3v) is 3.65. The molecule has 0 aromatic carbocycles. The lowest BCUT2D eigenvalue weighted by Gasteiger charge is -2.28. The molecule has 2 heterocycles. The van der Waals surface area contributed by atoms with Crippen molar-refractivity contribution < 1.29 is 4.74 Å². The Morgan fingerprint density at radius 2 is 1.72 bits per heavy atom. The van der Waals surface area contributed by atoms with Crippen molar-refractivity contribution in [2.45, 2.75) is 39.5 Å². The second-order valence-corrected chi connectivity index (χ2v) is 4.79. The smallest absolute Gasteiger partial charge is 0.0594 e. The van der Waals surface area contributed by atoms with Crippen LogP contribution in [0.4, 0.5) is 0 Å². The molecular formula is C14H31IN2O. The molecule has 0 bridgehead atoms. The number of halogens is 1. The van der Waals surface area contributed by atoms with Gasteiger partial charge in [-0.25, -0.2) is 0 Å². The SMILES string of the molecule is C(CC1CCNCC1)CN1CCOCC1.CC.I. The highest BCUT2D eigenvalue weighted by molar-refractivity contribution is 14.0. The van der Waals surface area contributed by atoms with Crippen molar-refractivity contribution in [3.05, 3.63) is 0 Å². The van der Waals surface area contributed by atoms with Crippen molar-refractivity contribution in [1.29, 1.82) is 0 Å². The van der Waals surface area contributed by atoms with Crippen LogP contribution >= 0.6 is 24.0 Å². The van der Waals surface area contributed by atoms with E-state index in [2.05, 4.69) is 10.2 Å². The highest BCUT2D eigenvalue weighted by Gasteiger charge is 2.14. The lowest BCUT2D eigenvalue weighted by atomic mass is 9.93. The van der Waals surface area contributed by atoms with E-state index >= 15 is 0 Å². The standard InChI is InChI=1S/C12H24N2O.C2H6.HI/c1(2-12-3-5-13-6-4-12)7-14-8-10-15-11-9-14;1-2;/h12-13H,1-11H2;1-2H3;1H. The summed E-state index contributed by atoms with van der Waals surface area (Å²) in [6.45, 7) is 11.9. The molecule has 0 aliphatic carbocycles. The van der Waals surface area contributed by atoms with Crippen molar-refractivity contribution in [3.63, 3.8) is 0 Å². The Morgan fingerprint density at radius 3 is 2.33 bits per heavy atom. The van der Waals surface area contributed by atoms with Crippen LogP contribution in [0.3, 0.4) is 0 Å². The van der Waals surface area contributed by atoms with Gasteiger partial charge in [0, 0.05) is 13.1 Å². The largest absolute Gasteiger partial charge is 0.379 e. The highest BCUT2D eigenvalue weighted by Crippen LogP contribution is 2.17. The first-order chi connectivity index (χ1) is 8.45. The van der Waals surface area contributed by atoms with Gasteiger partial charge in [0.05, 0.1) is 13.2 Å². The normalized spacial score (nSPS) is 21.7.